The Balaban J connectivity index is 1.51. The van der Waals surface area contributed by atoms with Crippen LogP contribution >= 0.6 is 23.5 Å². The number of halogens is 1. The van der Waals surface area contributed by atoms with Crippen LogP contribution in [-0.4, -0.2) is 11.9 Å². The Labute approximate surface area is 167 Å². The average molecular weight is 402 g/mol. The predicted molar refractivity (Wildman–Crippen MR) is 108 cm³/mol. The number of anilines is 1. The van der Waals surface area contributed by atoms with Crippen LogP contribution in [0.4, 0.5) is 10.5 Å². The largest absolute Gasteiger partial charge is 0.366 e. The zero-order chi connectivity index (χ0) is 19.0. The standard InChI is InChI=1S/C20H20ClN3O2S/c21-13-7-8-17(16(10-13)19(22)25)27-24-20(26)23-18-14-5-1-3-11(14)9-12-4-2-6-15(12)18/h7-10H,1-6H2,(H2,22,25)(H2,23,24,26). The van der Waals surface area contributed by atoms with Crippen LogP contribution in [0.1, 0.15) is 45.5 Å². The third-order valence-electron chi connectivity index (χ3n) is 5.17. The lowest BCUT2D eigenvalue weighted by atomic mass is 9.99. The highest BCUT2D eigenvalue weighted by atomic mass is 35.5. The van der Waals surface area contributed by atoms with Crippen LogP contribution in [0.5, 0.6) is 0 Å². The lowest BCUT2D eigenvalue weighted by Gasteiger charge is -2.16. The van der Waals surface area contributed by atoms with Crippen molar-refractivity contribution >= 4 is 41.2 Å². The van der Waals surface area contributed by atoms with Crippen molar-refractivity contribution in [2.45, 2.75) is 43.4 Å². The van der Waals surface area contributed by atoms with Crippen LogP contribution in [0.3, 0.4) is 0 Å². The first kappa shape index (κ1) is 18.2. The smallest absolute Gasteiger partial charge is 0.329 e. The maximum Gasteiger partial charge on any atom is 0.329 e. The summed E-state index contributed by atoms with van der Waals surface area (Å²) < 4.78 is 2.76. The van der Waals surface area contributed by atoms with Gasteiger partial charge in [-0.25, -0.2) is 4.79 Å². The zero-order valence-electron chi connectivity index (χ0n) is 14.7. The second-order valence-corrected chi connectivity index (χ2v) is 8.18. The fourth-order valence-corrected chi connectivity index (χ4v) is 4.82. The molecule has 3 amide bonds. The van der Waals surface area contributed by atoms with Crippen molar-refractivity contribution in [1.82, 2.24) is 4.72 Å². The number of nitrogens with one attached hydrogen (secondary N) is 2. The summed E-state index contributed by atoms with van der Waals surface area (Å²) in [5.74, 6) is -0.582. The SMILES string of the molecule is NC(=O)c1cc(Cl)ccc1SNC(=O)Nc1c2c(cc3c1CCC3)CCC2. The number of primary amides is 1. The summed E-state index contributed by atoms with van der Waals surface area (Å²) in [6.45, 7) is 0. The number of carbonyl (C=O) groups is 2. The van der Waals surface area contributed by atoms with Crippen LogP contribution in [0, 0.1) is 0 Å². The Morgan fingerprint density at radius 2 is 1.67 bits per heavy atom. The summed E-state index contributed by atoms with van der Waals surface area (Å²) in [4.78, 5) is 24.7. The molecule has 5 nitrogen and oxygen atoms in total. The van der Waals surface area contributed by atoms with Gasteiger partial charge in [0, 0.05) is 15.6 Å². The third kappa shape index (κ3) is 3.64. The quantitative estimate of drug-likeness (QED) is 0.669. The van der Waals surface area contributed by atoms with Crippen LogP contribution in [0.15, 0.2) is 29.2 Å². The molecule has 0 bridgehead atoms. The molecular formula is C20H20ClN3O2S. The Morgan fingerprint density at radius 1 is 1.00 bits per heavy atom. The number of hydrogen-bond donors (Lipinski definition) is 3. The number of hydrogen-bond acceptors (Lipinski definition) is 3. The lowest BCUT2D eigenvalue weighted by molar-refractivity contribution is 0.0997. The van der Waals surface area contributed by atoms with Crippen molar-refractivity contribution in [3.8, 4) is 0 Å². The molecule has 0 radical (unpaired) electrons. The number of fused-ring (bicyclic) bond motifs is 2. The highest BCUT2D eigenvalue weighted by Gasteiger charge is 2.25. The van der Waals surface area contributed by atoms with Crippen molar-refractivity contribution in [1.29, 1.82) is 0 Å². The van der Waals surface area contributed by atoms with Crippen molar-refractivity contribution in [2.75, 3.05) is 5.32 Å². The first-order chi connectivity index (χ1) is 13.0. The molecule has 0 saturated carbocycles. The summed E-state index contributed by atoms with van der Waals surface area (Å²) in [5.41, 5.74) is 12.0. The van der Waals surface area contributed by atoms with Gasteiger partial charge in [-0.2, -0.15) is 0 Å². The van der Waals surface area contributed by atoms with E-state index in [1.807, 2.05) is 0 Å². The molecule has 7 heteroatoms. The maximum atomic E-state index is 12.5. The van der Waals surface area contributed by atoms with E-state index in [-0.39, 0.29) is 11.6 Å². The Morgan fingerprint density at radius 3 is 2.30 bits per heavy atom. The van der Waals surface area contributed by atoms with Crippen molar-refractivity contribution in [3.63, 3.8) is 0 Å². The first-order valence-electron chi connectivity index (χ1n) is 9.02. The van der Waals surface area contributed by atoms with Crippen LogP contribution in [-0.2, 0) is 25.7 Å². The minimum Gasteiger partial charge on any atom is -0.366 e. The van der Waals surface area contributed by atoms with Crippen LogP contribution < -0.4 is 15.8 Å². The normalized spacial score (nSPS) is 14.6. The Bertz CT molecular complexity index is 913. The summed E-state index contributed by atoms with van der Waals surface area (Å²) >= 11 is 6.98. The van der Waals surface area contributed by atoms with Gasteiger partial charge in [-0.05, 0) is 90.9 Å². The molecule has 2 aromatic rings. The number of amides is 3. The van der Waals surface area contributed by atoms with E-state index < -0.39 is 5.91 Å². The molecule has 0 heterocycles. The highest BCUT2D eigenvalue weighted by Crippen LogP contribution is 2.38. The topological polar surface area (TPSA) is 84.2 Å². The number of rotatable bonds is 4. The van der Waals surface area contributed by atoms with E-state index >= 15 is 0 Å². The third-order valence-corrected chi connectivity index (χ3v) is 6.27. The molecule has 0 saturated heterocycles. The molecule has 0 unspecified atom stereocenters. The fraction of sp³-hybridized carbons (Fsp3) is 0.300. The summed E-state index contributed by atoms with van der Waals surface area (Å²) in [5, 5.41) is 3.48. The lowest BCUT2D eigenvalue weighted by Crippen LogP contribution is -2.25. The van der Waals surface area contributed by atoms with Crippen molar-refractivity contribution in [3.05, 3.63) is 57.1 Å². The van der Waals surface area contributed by atoms with Gasteiger partial charge in [-0.1, -0.05) is 17.7 Å². The molecule has 0 fully saturated rings. The van der Waals surface area contributed by atoms with E-state index in [0.717, 1.165) is 56.2 Å². The van der Waals surface area contributed by atoms with Gasteiger partial charge < -0.3 is 11.1 Å². The van der Waals surface area contributed by atoms with Gasteiger partial charge >= 0.3 is 6.03 Å². The van der Waals surface area contributed by atoms with E-state index in [4.69, 9.17) is 17.3 Å². The molecule has 0 aromatic heterocycles. The number of urea groups is 1. The van der Waals surface area contributed by atoms with Crippen LogP contribution in [0.25, 0.3) is 0 Å². The van der Waals surface area contributed by atoms with Gasteiger partial charge in [0.2, 0.25) is 5.91 Å². The second-order valence-electron chi connectivity index (χ2n) is 6.90. The minimum absolute atomic E-state index is 0.286. The molecule has 2 aliphatic rings. The van der Waals surface area contributed by atoms with Crippen molar-refractivity contribution < 1.29 is 9.59 Å². The monoisotopic (exact) mass is 401 g/mol. The summed E-state index contributed by atoms with van der Waals surface area (Å²) in [6.07, 6.45) is 6.45. The molecule has 4 rings (SSSR count). The number of aryl methyl sites for hydroxylation is 2. The van der Waals surface area contributed by atoms with Gasteiger partial charge in [0.1, 0.15) is 0 Å². The first-order valence-corrected chi connectivity index (χ1v) is 10.2. The Hall–Kier alpha value is -2.18. The number of carbonyl (C=O) groups excluding carboxylic acids is 2. The summed E-state index contributed by atoms with van der Waals surface area (Å²) in [7, 11) is 0. The number of nitrogens with two attached hydrogens (primary N) is 1. The molecule has 2 aromatic carbocycles. The van der Waals surface area contributed by atoms with E-state index in [2.05, 4.69) is 16.1 Å². The van der Waals surface area contributed by atoms with E-state index in [1.54, 1.807) is 12.1 Å². The molecule has 2 aliphatic carbocycles. The number of benzene rings is 2. The predicted octanol–water partition coefficient (Wildman–Crippen LogP) is 4.25. The van der Waals surface area contributed by atoms with Gasteiger partial charge in [-0.15, -0.1) is 0 Å². The van der Waals surface area contributed by atoms with Gasteiger partial charge in [0.25, 0.3) is 0 Å². The maximum absolute atomic E-state index is 12.5. The van der Waals surface area contributed by atoms with Gasteiger partial charge in [-0.3, -0.25) is 9.52 Å². The van der Waals surface area contributed by atoms with E-state index in [1.165, 1.54) is 28.3 Å². The molecule has 0 atom stereocenters. The molecule has 0 spiro atoms. The van der Waals surface area contributed by atoms with E-state index in [0.29, 0.717) is 9.92 Å². The zero-order valence-corrected chi connectivity index (χ0v) is 16.3. The van der Waals surface area contributed by atoms with Gasteiger partial charge in [0.15, 0.2) is 0 Å². The molecule has 27 heavy (non-hydrogen) atoms. The van der Waals surface area contributed by atoms with Crippen molar-refractivity contribution in [2.24, 2.45) is 5.73 Å². The minimum atomic E-state index is -0.582. The molecular weight excluding hydrogens is 382 g/mol. The molecule has 0 aliphatic heterocycles. The van der Waals surface area contributed by atoms with Gasteiger partial charge in [0.05, 0.1) is 5.56 Å². The molecule has 4 N–H and O–H groups in total. The molecule has 140 valence electrons. The average Bonchev–Trinajstić information content (AvgIpc) is 3.29. The summed E-state index contributed by atoms with van der Waals surface area (Å²) in [6, 6.07) is 6.86. The van der Waals surface area contributed by atoms with E-state index in [9.17, 15) is 9.59 Å². The fourth-order valence-electron chi connectivity index (χ4n) is 3.99. The highest BCUT2D eigenvalue weighted by molar-refractivity contribution is 7.98. The van der Waals surface area contributed by atoms with Crippen LogP contribution in [0.2, 0.25) is 5.02 Å². The Kier molecular flexibility index (Phi) is 5.02. The second kappa shape index (κ2) is 7.44.